The minimum absolute atomic E-state index is 0.0208. The normalized spacial score (nSPS) is 14.3. The van der Waals surface area contributed by atoms with Crippen LogP contribution in [-0.4, -0.2) is 52.9 Å². The number of ketones is 3. The average Bonchev–Trinajstić information content (AvgIpc) is 2.89. The van der Waals surface area contributed by atoms with Crippen molar-refractivity contribution in [1.29, 1.82) is 0 Å². The number of hydrogen-bond acceptors (Lipinski definition) is 8. The van der Waals surface area contributed by atoms with E-state index >= 15 is 0 Å². The molecule has 0 fully saturated rings. The molecule has 0 unspecified atom stereocenters. The molecular weight excluding hydrogens is 515 g/mol. The summed E-state index contributed by atoms with van der Waals surface area (Å²) in [6.45, 7) is 3.67. The van der Waals surface area contributed by atoms with Gasteiger partial charge in [-0.15, -0.1) is 0 Å². The van der Waals surface area contributed by atoms with Gasteiger partial charge in [0.2, 0.25) is 5.78 Å². The number of carbonyl (C=O) groups is 4. The highest BCUT2D eigenvalue weighted by atomic mass is 31.2. The Hall–Kier alpha value is -3.33. The smallest absolute Gasteiger partial charge is 0.360 e. The Kier molecular flexibility index (Phi) is 7.88. The molecule has 0 atom stereocenters. The van der Waals surface area contributed by atoms with Crippen LogP contribution in [0.1, 0.15) is 93.4 Å². The van der Waals surface area contributed by atoms with Crippen molar-refractivity contribution >= 4 is 36.2 Å². The lowest BCUT2D eigenvalue weighted by Gasteiger charge is -2.28. The second-order valence-electron chi connectivity index (χ2n) is 9.01. The van der Waals surface area contributed by atoms with E-state index in [1.54, 1.807) is 26.0 Å². The third kappa shape index (κ3) is 4.79. The molecule has 0 radical (unpaired) electrons. The lowest BCUT2D eigenvalue weighted by atomic mass is 9.77. The van der Waals surface area contributed by atoms with Crippen molar-refractivity contribution in [2.45, 2.75) is 52.9 Å². The van der Waals surface area contributed by atoms with Gasteiger partial charge < -0.3 is 24.0 Å². The van der Waals surface area contributed by atoms with Gasteiger partial charge in [-0.25, -0.2) is 0 Å². The Morgan fingerprint density at radius 2 is 1.39 bits per heavy atom. The molecule has 2 N–H and O–H groups in total. The van der Waals surface area contributed by atoms with Gasteiger partial charge >= 0.3 is 13.6 Å². The Morgan fingerprint density at radius 3 is 1.89 bits per heavy atom. The van der Waals surface area contributed by atoms with E-state index in [-0.39, 0.29) is 42.1 Å². The van der Waals surface area contributed by atoms with Gasteiger partial charge in [-0.05, 0) is 62.8 Å². The molecule has 0 aromatic heterocycles. The molecular formula is C27H29O10P. The fourth-order valence-electron chi connectivity index (χ4n) is 5.00. The van der Waals surface area contributed by atoms with Crippen LogP contribution in [0.15, 0.2) is 12.1 Å². The molecule has 0 bridgehead atoms. The van der Waals surface area contributed by atoms with Crippen molar-refractivity contribution in [1.82, 2.24) is 0 Å². The molecule has 2 aromatic rings. The lowest BCUT2D eigenvalue weighted by molar-refractivity contribution is -0.142. The molecule has 10 nitrogen and oxygen atoms in total. The number of rotatable bonds is 9. The average molecular weight is 544 g/mol. The van der Waals surface area contributed by atoms with Crippen LogP contribution < -0.4 is 14.8 Å². The third-order valence-electron chi connectivity index (χ3n) is 6.61. The monoisotopic (exact) mass is 544 g/mol. The number of aryl methyl sites for hydroxylation is 2. The summed E-state index contributed by atoms with van der Waals surface area (Å²) in [6.07, 6.45) is 3.30. The molecule has 2 aliphatic carbocycles. The van der Waals surface area contributed by atoms with E-state index in [0.29, 0.717) is 0 Å². The first-order chi connectivity index (χ1) is 18.0. The number of fused-ring (bicyclic) bond motifs is 3. The van der Waals surface area contributed by atoms with Gasteiger partial charge in [-0.1, -0.05) is 6.92 Å². The Labute approximate surface area is 219 Å². The molecule has 0 heterocycles. The largest absolute Gasteiger partial charge is 0.489 e. The molecule has 2 aromatic carbocycles. The fourth-order valence-corrected chi connectivity index (χ4v) is 5.95. The van der Waals surface area contributed by atoms with Crippen LogP contribution in [0.3, 0.4) is 0 Å². The molecule has 0 amide bonds. The summed E-state index contributed by atoms with van der Waals surface area (Å²) in [4.78, 5) is 73.9. The number of hydrogen-bond donors (Lipinski definition) is 2. The summed E-state index contributed by atoms with van der Waals surface area (Å²) >= 11 is 0. The van der Waals surface area contributed by atoms with Crippen molar-refractivity contribution in [3.05, 3.63) is 51.1 Å². The van der Waals surface area contributed by atoms with Crippen LogP contribution in [0.4, 0.5) is 0 Å². The van der Waals surface area contributed by atoms with E-state index in [2.05, 4.69) is 0 Å². The third-order valence-corrected chi connectivity index (χ3v) is 7.62. The summed E-state index contributed by atoms with van der Waals surface area (Å²) in [5.74, 6) is -3.94. The van der Waals surface area contributed by atoms with Crippen molar-refractivity contribution < 1.29 is 47.7 Å². The number of benzene rings is 2. The molecule has 38 heavy (non-hydrogen) atoms. The maximum Gasteiger partial charge on any atom is 0.360 e. The zero-order valence-electron chi connectivity index (χ0n) is 21.4. The second-order valence-corrected chi connectivity index (χ2v) is 10.5. The van der Waals surface area contributed by atoms with Gasteiger partial charge in [-0.3, -0.25) is 23.7 Å². The highest BCUT2D eigenvalue weighted by molar-refractivity contribution is 7.60. The SMILES string of the molecule is CCOc1c(OCC)c(P(=O)(O)O)c(C(=O)COC(=O)CC)c2c1C(=O)c1cc3c(cc1C2=O)CCCC3. The molecule has 4 rings (SSSR count). The molecule has 0 aliphatic heterocycles. The Morgan fingerprint density at radius 1 is 0.868 bits per heavy atom. The Balaban J connectivity index is 2.09. The summed E-state index contributed by atoms with van der Waals surface area (Å²) in [6, 6.07) is 3.32. The van der Waals surface area contributed by atoms with Crippen LogP contribution in [0.2, 0.25) is 0 Å². The zero-order chi connectivity index (χ0) is 27.8. The first kappa shape index (κ1) is 27.7. The number of esters is 1. The Bertz CT molecular complexity index is 1400. The van der Waals surface area contributed by atoms with Crippen molar-refractivity contribution in [2.24, 2.45) is 0 Å². The quantitative estimate of drug-likeness (QED) is 0.233. The first-order valence-electron chi connectivity index (χ1n) is 12.5. The number of Topliss-reactive ketones (excluding diaryl/α,β-unsaturated/α-hetero) is 1. The molecule has 202 valence electrons. The van der Waals surface area contributed by atoms with Gasteiger partial charge in [0.1, 0.15) is 5.30 Å². The van der Waals surface area contributed by atoms with Crippen LogP contribution >= 0.6 is 7.60 Å². The van der Waals surface area contributed by atoms with E-state index < -0.39 is 59.7 Å². The summed E-state index contributed by atoms with van der Waals surface area (Å²) < 4.78 is 29.0. The number of ether oxygens (including phenoxy) is 3. The minimum atomic E-state index is -5.31. The predicted octanol–water partition coefficient (Wildman–Crippen LogP) is 3.08. The first-order valence-corrected chi connectivity index (χ1v) is 14.2. The molecule has 11 heteroatoms. The van der Waals surface area contributed by atoms with Crippen LogP contribution in [0.25, 0.3) is 0 Å². The minimum Gasteiger partial charge on any atom is -0.489 e. The maximum absolute atomic E-state index is 14.0. The van der Waals surface area contributed by atoms with E-state index in [1.807, 2.05) is 0 Å². The van der Waals surface area contributed by atoms with Crippen molar-refractivity contribution in [2.75, 3.05) is 19.8 Å². The summed E-state index contributed by atoms with van der Waals surface area (Å²) in [5.41, 5.74) is 0.558. The van der Waals surface area contributed by atoms with Gasteiger partial charge in [0.15, 0.2) is 29.7 Å². The highest BCUT2D eigenvalue weighted by Gasteiger charge is 2.44. The standard InChI is InChI=1S/C27H29O10P/c1-4-19(29)37-13-18(28)20-21-22(25(35-5-2)26(36-6-3)27(20)38(32,33)34)24(31)17-12-15-10-8-7-9-14(15)11-16(17)23(21)30/h11-12H,4-10,13H2,1-3H3,(H2,32,33,34). The predicted molar refractivity (Wildman–Crippen MR) is 136 cm³/mol. The maximum atomic E-state index is 14.0. The van der Waals surface area contributed by atoms with Crippen LogP contribution in [0, 0.1) is 0 Å². The molecule has 0 saturated carbocycles. The lowest BCUT2D eigenvalue weighted by Crippen LogP contribution is -2.33. The fraction of sp³-hybridized carbons (Fsp3) is 0.407. The van der Waals surface area contributed by atoms with Crippen molar-refractivity contribution in [3.8, 4) is 11.5 Å². The highest BCUT2D eigenvalue weighted by Crippen LogP contribution is 2.49. The van der Waals surface area contributed by atoms with E-state index in [1.165, 1.54) is 6.92 Å². The van der Waals surface area contributed by atoms with Gasteiger partial charge in [0.05, 0.1) is 24.3 Å². The second kappa shape index (κ2) is 10.8. The van der Waals surface area contributed by atoms with Crippen molar-refractivity contribution in [3.63, 3.8) is 0 Å². The van der Waals surface area contributed by atoms with Gasteiger partial charge in [0, 0.05) is 23.1 Å². The summed E-state index contributed by atoms with van der Waals surface area (Å²) in [7, 11) is -5.31. The van der Waals surface area contributed by atoms with Gasteiger partial charge in [-0.2, -0.15) is 0 Å². The topological polar surface area (TPSA) is 154 Å². The van der Waals surface area contributed by atoms with E-state index in [0.717, 1.165) is 36.8 Å². The molecule has 0 spiro atoms. The zero-order valence-corrected chi connectivity index (χ0v) is 22.3. The van der Waals surface area contributed by atoms with E-state index in [9.17, 15) is 33.5 Å². The molecule has 0 saturated heterocycles. The van der Waals surface area contributed by atoms with Crippen LogP contribution in [-0.2, 0) is 26.9 Å². The van der Waals surface area contributed by atoms with Gasteiger partial charge in [0.25, 0.3) is 0 Å². The molecule has 2 aliphatic rings. The van der Waals surface area contributed by atoms with E-state index in [4.69, 9.17) is 14.2 Å². The summed E-state index contributed by atoms with van der Waals surface area (Å²) in [5, 5.41) is -0.873. The number of carbonyl (C=O) groups excluding carboxylic acids is 4. The van der Waals surface area contributed by atoms with Crippen LogP contribution in [0.5, 0.6) is 11.5 Å².